The standard InChI is InChI=1S/C23H22N4O2/c1-17-6-12-20(13-7-17)29-15-14-24-23(28)19-10-8-18(9-11-19)16-27-22-5-3-2-4-21(22)25-26-27/h2-13H,14-16H2,1H3,(H,24,28). The summed E-state index contributed by atoms with van der Waals surface area (Å²) in [6.07, 6.45) is 0. The first-order valence-corrected chi connectivity index (χ1v) is 9.54. The number of aromatic nitrogens is 3. The third kappa shape index (κ3) is 4.60. The number of nitrogens with one attached hydrogen (secondary N) is 1. The number of carbonyl (C=O) groups excluding carboxylic acids is 1. The van der Waals surface area contributed by atoms with Crippen LogP contribution in [0.1, 0.15) is 21.5 Å². The highest BCUT2D eigenvalue weighted by Gasteiger charge is 2.07. The Labute approximate surface area is 169 Å². The summed E-state index contributed by atoms with van der Waals surface area (Å²) in [5.74, 6) is 0.685. The van der Waals surface area contributed by atoms with E-state index in [4.69, 9.17) is 4.74 Å². The van der Waals surface area contributed by atoms with Gasteiger partial charge in [-0.3, -0.25) is 4.79 Å². The Hall–Kier alpha value is -3.67. The van der Waals surface area contributed by atoms with Crippen molar-refractivity contribution in [2.45, 2.75) is 13.5 Å². The first kappa shape index (κ1) is 18.7. The quantitative estimate of drug-likeness (QED) is 0.493. The van der Waals surface area contributed by atoms with Crippen LogP contribution in [0.5, 0.6) is 5.75 Å². The highest BCUT2D eigenvalue weighted by molar-refractivity contribution is 5.94. The maximum atomic E-state index is 12.3. The maximum Gasteiger partial charge on any atom is 0.251 e. The van der Waals surface area contributed by atoms with Gasteiger partial charge in [-0.15, -0.1) is 5.10 Å². The molecule has 0 fully saturated rings. The average Bonchev–Trinajstić information content (AvgIpc) is 3.16. The number of amides is 1. The van der Waals surface area contributed by atoms with E-state index in [1.807, 2.05) is 84.4 Å². The third-order valence-electron chi connectivity index (χ3n) is 4.65. The highest BCUT2D eigenvalue weighted by Crippen LogP contribution is 2.13. The van der Waals surface area contributed by atoms with Crippen molar-refractivity contribution in [3.05, 3.63) is 89.5 Å². The Balaban J connectivity index is 1.29. The van der Waals surface area contributed by atoms with Gasteiger partial charge in [0.15, 0.2) is 0 Å². The van der Waals surface area contributed by atoms with Crippen LogP contribution in [-0.4, -0.2) is 34.1 Å². The minimum absolute atomic E-state index is 0.115. The van der Waals surface area contributed by atoms with Crippen molar-refractivity contribution in [3.8, 4) is 5.75 Å². The number of hydrogen-bond acceptors (Lipinski definition) is 4. The molecule has 0 aliphatic heterocycles. The minimum atomic E-state index is -0.115. The van der Waals surface area contributed by atoms with Crippen molar-refractivity contribution in [2.75, 3.05) is 13.2 Å². The first-order valence-electron chi connectivity index (χ1n) is 9.54. The molecule has 0 unspecified atom stereocenters. The van der Waals surface area contributed by atoms with Gasteiger partial charge in [0.05, 0.1) is 18.6 Å². The van der Waals surface area contributed by atoms with Gasteiger partial charge in [-0.25, -0.2) is 4.68 Å². The summed E-state index contributed by atoms with van der Waals surface area (Å²) in [6, 6.07) is 23.2. The van der Waals surface area contributed by atoms with Crippen LogP contribution in [0.15, 0.2) is 72.8 Å². The highest BCUT2D eigenvalue weighted by atomic mass is 16.5. The van der Waals surface area contributed by atoms with Crippen molar-refractivity contribution in [1.29, 1.82) is 0 Å². The minimum Gasteiger partial charge on any atom is -0.492 e. The molecule has 0 saturated heterocycles. The molecule has 29 heavy (non-hydrogen) atoms. The molecule has 4 rings (SSSR count). The second-order valence-corrected chi connectivity index (χ2v) is 6.85. The summed E-state index contributed by atoms with van der Waals surface area (Å²) in [4.78, 5) is 12.3. The summed E-state index contributed by atoms with van der Waals surface area (Å²) in [5.41, 5.74) is 4.72. The number of fused-ring (bicyclic) bond motifs is 1. The molecule has 6 nitrogen and oxygen atoms in total. The van der Waals surface area contributed by atoms with Crippen molar-refractivity contribution >= 4 is 16.9 Å². The van der Waals surface area contributed by atoms with Crippen molar-refractivity contribution in [3.63, 3.8) is 0 Å². The van der Waals surface area contributed by atoms with E-state index < -0.39 is 0 Å². The number of para-hydroxylation sites is 1. The molecule has 0 aliphatic carbocycles. The van der Waals surface area contributed by atoms with Crippen LogP contribution in [0.2, 0.25) is 0 Å². The molecule has 0 atom stereocenters. The van der Waals surface area contributed by atoms with Crippen LogP contribution in [0, 0.1) is 6.92 Å². The predicted molar refractivity (Wildman–Crippen MR) is 112 cm³/mol. The zero-order chi connectivity index (χ0) is 20.1. The van der Waals surface area contributed by atoms with E-state index in [2.05, 4.69) is 15.6 Å². The summed E-state index contributed by atoms with van der Waals surface area (Å²) < 4.78 is 7.48. The topological polar surface area (TPSA) is 69.0 Å². The fourth-order valence-electron chi connectivity index (χ4n) is 3.04. The normalized spacial score (nSPS) is 10.8. The monoisotopic (exact) mass is 386 g/mol. The lowest BCUT2D eigenvalue weighted by Gasteiger charge is -2.09. The fourth-order valence-corrected chi connectivity index (χ4v) is 3.04. The number of hydrogen-bond donors (Lipinski definition) is 1. The van der Waals surface area contributed by atoms with Gasteiger partial charge in [0, 0.05) is 5.56 Å². The van der Waals surface area contributed by atoms with Gasteiger partial charge in [0.25, 0.3) is 5.91 Å². The summed E-state index contributed by atoms with van der Waals surface area (Å²) in [7, 11) is 0. The average molecular weight is 386 g/mol. The van der Waals surface area contributed by atoms with Gasteiger partial charge in [0.1, 0.15) is 17.9 Å². The Morgan fingerprint density at radius 3 is 2.55 bits per heavy atom. The van der Waals surface area contributed by atoms with Crippen LogP contribution < -0.4 is 10.1 Å². The van der Waals surface area contributed by atoms with Gasteiger partial charge in [-0.1, -0.05) is 47.2 Å². The second kappa shape index (κ2) is 8.56. The number of rotatable bonds is 7. The Kier molecular flexibility index (Phi) is 5.52. The molecule has 6 heteroatoms. The van der Waals surface area contributed by atoms with Gasteiger partial charge >= 0.3 is 0 Å². The fraction of sp³-hybridized carbons (Fsp3) is 0.174. The SMILES string of the molecule is Cc1ccc(OCCNC(=O)c2ccc(Cn3nnc4ccccc43)cc2)cc1. The zero-order valence-corrected chi connectivity index (χ0v) is 16.2. The van der Waals surface area contributed by atoms with Gasteiger partial charge in [-0.2, -0.15) is 0 Å². The van der Waals surface area contributed by atoms with E-state index in [9.17, 15) is 4.79 Å². The molecule has 3 aromatic carbocycles. The zero-order valence-electron chi connectivity index (χ0n) is 16.2. The molecule has 4 aromatic rings. The number of ether oxygens (including phenoxy) is 1. The Bertz CT molecular complexity index is 1100. The van der Waals surface area contributed by atoms with E-state index in [1.54, 1.807) is 0 Å². The molecule has 1 N–H and O–H groups in total. The number of benzene rings is 3. The molecule has 146 valence electrons. The van der Waals surface area contributed by atoms with E-state index in [0.717, 1.165) is 22.3 Å². The van der Waals surface area contributed by atoms with Gasteiger partial charge in [0.2, 0.25) is 0 Å². The largest absolute Gasteiger partial charge is 0.492 e. The van der Waals surface area contributed by atoms with Crippen molar-refractivity contribution in [2.24, 2.45) is 0 Å². The Morgan fingerprint density at radius 2 is 1.76 bits per heavy atom. The van der Waals surface area contributed by atoms with E-state index in [0.29, 0.717) is 25.3 Å². The molecule has 0 radical (unpaired) electrons. The van der Waals surface area contributed by atoms with E-state index in [-0.39, 0.29) is 5.91 Å². The van der Waals surface area contributed by atoms with Gasteiger partial charge in [-0.05, 0) is 48.9 Å². The summed E-state index contributed by atoms with van der Waals surface area (Å²) in [6.45, 7) is 3.50. The maximum absolute atomic E-state index is 12.3. The van der Waals surface area contributed by atoms with Crippen LogP contribution in [0.4, 0.5) is 0 Å². The first-order chi connectivity index (χ1) is 14.2. The van der Waals surface area contributed by atoms with Crippen LogP contribution in [0.25, 0.3) is 11.0 Å². The lowest BCUT2D eigenvalue weighted by Crippen LogP contribution is -2.28. The van der Waals surface area contributed by atoms with Gasteiger partial charge < -0.3 is 10.1 Å². The van der Waals surface area contributed by atoms with E-state index >= 15 is 0 Å². The second-order valence-electron chi connectivity index (χ2n) is 6.85. The number of nitrogens with zero attached hydrogens (tertiary/aromatic N) is 3. The van der Waals surface area contributed by atoms with Crippen LogP contribution in [-0.2, 0) is 6.54 Å². The summed E-state index contributed by atoms with van der Waals surface area (Å²) >= 11 is 0. The Morgan fingerprint density at radius 1 is 1.00 bits per heavy atom. The lowest BCUT2D eigenvalue weighted by atomic mass is 10.1. The molecule has 1 aromatic heterocycles. The van der Waals surface area contributed by atoms with E-state index in [1.165, 1.54) is 5.56 Å². The third-order valence-corrected chi connectivity index (χ3v) is 4.65. The smallest absolute Gasteiger partial charge is 0.251 e. The summed E-state index contributed by atoms with van der Waals surface area (Å²) in [5, 5.41) is 11.2. The molecule has 1 heterocycles. The molecule has 1 amide bonds. The molecule has 0 aliphatic rings. The molecule has 0 spiro atoms. The van der Waals surface area contributed by atoms with Crippen LogP contribution >= 0.6 is 0 Å². The predicted octanol–water partition coefficient (Wildman–Crippen LogP) is 3.60. The molecule has 0 bridgehead atoms. The molecular weight excluding hydrogens is 364 g/mol. The van der Waals surface area contributed by atoms with Crippen LogP contribution in [0.3, 0.4) is 0 Å². The lowest BCUT2D eigenvalue weighted by molar-refractivity contribution is 0.0947. The van der Waals surface area contributed by atoms with Crippen molar-refractivity contribution in [1.82, 2.24) is 20.3 Å². The van der Waals surface area contributed by atoms with Crippen molar-refractivity contribution < 1.29 is 9.53 Å². The number of aryl methyl sites for hydroxylation is 1. The molecule has 0 saturated carbocycles. The molecular formula is C23H22N4O2. The number of carbonyl (C=O) groups is 1.